The smallest absolute Gasteiger partial charge is 0.324 e. The van der Waals surface area contributed by atoms with Gasteiger partial charge in [0.05, 0.1) is 41.1 Å². The monoisotopic (exact) mass is 345 g/mol. The summed E-state index contributed by atoms with van der Waals surface area (Å²) in [7, 11) is 0. The molecule has 0 unspecified atom stereocenters. The topological polar surface area (TPSA) is 63.7 Å². The molecular weight excluding hydrogens is 326 g/mol. The fraction of sp³-hybridized carbons (Fsp3) is 0.529. The quantitative estimate of drug-likeness (QED) is 0.863. The number of carbonyl (C=O) groups is 1. The Morgan fingerprint density at radius 3 is 3.17 bits per heavy atom. The minimum atomic E-state index is -0.225. The summed E-state index contributed by atoms with van der Waals surface area (Å²) in [5.74, 6) is 0.926. The number of hydrogen-bond donors (Lipinski definition) is 1. The van der Waals surface area contributed by atoms with Gasteiger partial charge in [-0.3, -0.25) is 4.90 Å². The van der Waals surface area contributed by atoms with Crippen LogP contribution in [0.3, 0.4) is 0 Å². The molecule has 126 valence electrons. The fourth-order valence-electron chi connectivity index (χ4n) is 3.91. The molecule has 0 saturated carbocycles. The standard InChI is InChI=1S/C17H19N3O3S/c1-17(2)7-11-10(8-23-17)18-15(21)20(11)16-19-14-9-5-6-22-12(9)3-4-13(14)24-16/h3-4,10-11H,5-8H2,1-2H3,(H,18,21)/t10-,11+/m0/s1. The van der Waals surface area contributed by atoms with Gasteiger partial charge in [0.25, 0.3) is 0 Å². The third-order valence-electron chi connectivity index (χ3n) is 5.11. The van der Waals surface area contributed by atoms with Gasteiger partial charge >= 0.3 is 6.03 Å². The molecule has 3 aliphatic heterocycles. The van der Waals surface area contributed by atoms with E-state index >= 15 is 0 Å². The van der Waals surface area contributed by atoms with Crippen LogP contribution < -0.4 is 15.0 Å². The van der Waals surface area contributed by atoms with Gasteiger partial charge in [0.1, 0.15) is 5.75 Å². The van der Waals surface area contributed by atoms with Crippen molar-refractivity contribution in [2.75, 3.05) is 18.1 Å². The molecule has 2 fully saturated rings. The molecule has 5 rings (SSSR count). The molecule has 3 aliphatic rings. The predicted octanol–water partition coefficient (Wildman–Crippen LogP) is 2.70. The Hall–Kier alpha value is -1.86. The molecule has 2 saturated heterocycles. The van der Waals surface area contributed by atoms with E-state index in [4.69, 9.17) is 14.5 Å². The summed E-state index contributed by atoms with van der Waals surface area (Å²) in [5, 5.41) is 3.81. The Morgan fingerprint density at radius 2 is 2.29 bits per heavy atom. The number of thiazole rings is 1. The average Bonchev–Trinajstić information content (AvgIpc) is 3.20. The van der Waals surface area contributed by atoms with Crippen LogP contribution in [0.1, 0.15) is 25.8 Å². The lowest BCUT2D eigenvalue weighted by atomic mass is 9.91. The number of fused-ring (bicyclic) bond motifs is 4. The van der Waals surface area contributed by atoms with Crippen molar-refractivity contribution in [3.05, 3.63) is 17.7 Å². The van der Waals surface area contributed by atoms with Gasteiger partial charge in [0.2, 0.25) is 0 Å². The third kappa shape index (κ3) is 2.04. The molecule has 4 heterocycles. The largest absolute Gasteiger partial charge is 0.493 e. The maximum absolute atomic E-state index is 12.6. The summed E-state index contributed by atoms with van der Waals surface area (Å²) in [4.78, 5) is 19.2. The van der Waals surface area contributed by atoms with Gasteiger partial charge in [0.15, 0.2) is 5.13 Å². The number of benzene rings is 1. The van der Waals surface area contributed by atoms with E-state index in [1.807, 2.05) is 17.0 Å². The van der Waals surface area contributed by atoms with Crippen LogP contribution in [0.15, 0.2) is 12.1 Å². The molecule has 2 amide bonds. The van der Waals surface area contributed by atoms with E-state index in [1.54, 1.807) is 11.3 Å². The van der Waals surface area contributed by atoms with Gasteiger partial charge in [-0.05, 0) is 32.4 Å². The first kappa shape index (κ1) is 14.5. The number of urea groups is 1. The van der Waals surface area contributed by atoms with Gasteiger partial charge in [-0.25, -0.2) is 9.78 Å². The van der Waals surface area contributed by atoms with E-state index in [9.17, 15) is 4.79 Å². The Balaban J connectivity index is 1.58. The highest BCUT2D eigenvalue weighted by Crippen LogP contribution is 2.41. The molecule has 0 bridgehead atoms. The van der Waals surface area contributed by atoms with Crippen LogP contribution in [0.5, 0.6) is 5.75 Å². The van der Waals surface area contributed by atoms with Crippen molar-refractivity contribution in [1.82, 2.24) is 10.3 Å². The van der Waals surface area contributed by atoms with E-state index in [-0.39, 0.29) is 23.7 Å². The summed E-state index contributed by atoms with van der Waals surface area (Å²) in [5.41, 5.74) is 1.92. The molecule has 1 N–H and O–H groups in total. The lowest BCUT2D eigenvalue weighted by Gasteiger charge is -2.38. The Morgan fingerprint density at radius 1 is 1.42 bits per heavy atom. The number of aromatic nitrogens is 1. The van der Waals surface area contributed by atoms with Crippen molar-refractivity contribution < 1.29 is 14.3 Å². The number of nitrogens with one attached hydrogen (secondary N) is 1. The summed E-state index contributed by atoms with van der Waals surface area (Å²) in [6.07, 6.45) is 1.68. The Labute approximate surface area is 143 Å². The van der Waals surface area contributed by atoms with Crippen LogP contribution in [-0.4, -0.2) is 41.9 Å². The highest BCUT2D eigenvalue weighted by molar-refractivity contribution is 7.22. The summed E-state index contributed by atoms with van der Waals surface area (Å²) >= 11 is 1.58. The van der Waals surface area contributed by atoms with Gasteiger partial charge in [0, 0.05) is 12.0 Å². The zero-order valence-corrected chi connectivity index (χ0v) is 14.5. The van der Waals surface area contributed by atoms with Gasteiger partial charge in [-0.15, -0.1) is 0 Å². The minimum absolute atomic E-state index is 0.0339. The van der Waals surface area contributed by atoms with E-state index < -0.39 is 0 Å². The van der Waals surface area contributed by atoms with E-state index in [0.29, 0.717) is 13.2 Å². The second-order valence-corrected chi connectivity index (χ2v) is 8.26. The maximum atomic E-state index is 12.6. The van der Waals surface area contributed by atoms with Crippen LogP contribution in [0.25, 0.3) is 10.2 Å². The molecule has 7 heteroatoms. The lowest BCUT2D eigenvalue weighted by molar-refractivity contribution is -0.0658. The second kappa shape index (κ2) is 4.83. The van der Waals surface area contributed by atoms with Crippen LogP contribution in [0, 0.1) is 0 Å². The molecule has 2 aromatic rings. The minimum Gasteiger partial charge on any atom is -0.493 e. The number of hydrogen-bond acceptors (Lipinski definition) is 5. The van der Waals surface area contributed by atoms with Crippen LogP contribution in [-0.2, 0) is 11.2 Å². The molecule has 1 aromatic heterocycles. The zero-order valence-electron chi connectivity index (χ0n) is 13.7. The van der Waals surface area contributed by atoms with E-state index in [2.05, 4.69) is 19.2 Å². The molecule has 1 aromatic carbocycles. The summed E-state index contributed by atoms with van der Waals surface area (Å²) < 4.78 is 12.6. The van der Waals surface area contributed by atoms with Crippen LogP contribution >= 0.6 is 11.3 Å². The normalized spacial score (nSPS) is 27.8. The molecule has 2 atom stereocenters. The summed E-state index contributed by atoms with van der Waals surface area (Å²) in [6.45, 7) is 5.41. The van der Waals surface area contributed by atoms with Crippen molar-refractivity contribution in [1.29, 1.82) is 0 Å². The Bertz CT molecular complexity index is 847. The molecule has 0 radical (unpaired) electrons. The number of anilines is 1. The molecule has 0 aliphatic carbocycles. The maximum Gasteiger partial charge on any atom is 0.324 e. The molecular formula is C17H19N3O3S. The highest BCUT2D eigenvalue weighted by atomic mass is 32.1. The number of amides is 2. The number of nitrogens with zero attached hydrogens (tertiary/aromatic N) is 2. The first-order chi connectivity index (χ1) is 11.5. The third-order valence-corrected chi connectivity index (χ3v) is 6.13. The van der Waals surface area contributed by atoms with Gasteiger partial charge in [-0.1, -0.05) is 11.3 Å². The molecule has 24 heavy (non-hydrogen) atoms. The zero-order chi connectivity index (χ0) is 16.5. The molecule has 6 nitrogen and oxygen atoms in total. The number of ether oxygens (including phenoxy) is 2. The second-order valence-electron chi connectivity index (χ2n) is 7.25. The van der Waals surface area contributed by atoms with Gasteiger partial charge < -0.3 is 14.8 Å². The SMILES string of the molecule is CC1(C)C[C@@H]2[C@H](CO1)NC(=O)N2c1nc2c3c(ccc2s1)OCC3. The van der Waals surface area contributed by atoms with Crippen LogP contribution in [0.2, 0.25) is 0 Å². The number of carbonyl (C=O) groups excluding carboxylic acids is 1. The first-order valence-corrected chi connectivity index (χ1v) is 9.12. The predicted molar refractivity (Wildman–Crippen MR) is 92.1 cm³/mol. The molecule has 0 spiro atoms. The van der Waals surface area contributed by atoms with E-state index in [0.717, 1.165) is 33.9 Å². The van der Waals surface area contributed by atoms with Crippen molar-refractivity contribution in [3.8, 4) is 5.75 Å². The fourth-order valence-corrected chi connectivity index (χ4v) is 4.96. The Kier molecular flexibility index (Phi) is 2.91. The van der Waals surface area contributed by atoms with Gasteiger partial charge in [-0.2, -0.15) is 0 Å². The summed E-state index contributed by atoms with van der Waals surface area (Å²) in [6, 6.07) is 4.10. The number of rotatable bonds is 1. The van der Waals surface area contributed by atoms with Crippen LogP contribution in [0.4, 0.5) is 9.93 Å². The first-order valence-electron chi connectivity index (χ1n) is 8.31. The lowest BCUT2D eigenvalue weighted by Crippen LogP contribution is -2.51. The highest BCUT2D eigenvalue weighted by Gasteiger charge is 2.48. The van der Waals surface area contributed by atoms with Crippen molar-refractivity contribution >= 4 is 32.7 Å². The van der Waals surface area contributed by atoms with Crippen molar-refractivity contribution in [2.24, 2.45) is 0 Å². The van der Waals surface area contributed by atoms with E-state index in [1.165, 1.54) is 5.56 Å². The van der Waals surface area contributed by atoms with Crippen molar-refractivity contribution in [3.63, 3.8) is 0 Å². The van der Waals surface area contributed by atoms with Crippen molar-refractivity contribution in [2.45, 2.75) is 44.4 Å². The average molecular weight is 345 g/mol.